The number of amides is 1. The predicted octanol–water partition coefficient (Wildman–Crippen LogP) is 0.902. The zero-order valence-electron chi connectivity index (χ0n) is 5.51. The van der Waals surface area contributed by atoms with E-state index in [4.69, 9.17) is 5.11 Å². The van der Waals surface area contributed by atoms with Gasteiger partial charge in [-0.3, -0.25) is 4.79 Å². The molecule has 3 nitrogen and oxygen atoms in total. The first-order chi connectivity index (χ1) is 4.74. The highest BCUT2D eigenvalue weighted by Crippen LogP contribution is 2.32. The highest BCUT2D eigenvalue weighted by Gasteiger charge is 2.31. The molecule has 10 heavy (non-hydrogen) atoms. The average Bonchev–Trinajstić information content (AvgIpc) is 2.63. The van der Waals surface area contributed by atoms with Gasteiger partial charge < -0.3 is 10.4 Å². The van der Waals surface area contributed by atoms with Gasteiger partial charge in [0, 0.05) is 22.6 Å². The van der Waals surface area contributed by atoms with Gasteiger partial charge in [-0.25, -0.2) is 0 Å². The monoisotopic (exact) mass is 255 g/mol. The van der Waals surface area contributed by atoms with Crippen molar-refractivity contribution in [3.8, 4) is 0 Å². The summed E-state index contributed by atoms with van der Waals surface area (Å²) in [6.07, 6.45) is 2.28. The topological polar surface area (TPSA) is 49.3 Å². The second kappa shape index (κ2) is 3.52. The van der Waals surface area contributed by atoms with Crippen LogP contribution in [0, 0.1) is 5.92 Å². The van der Waals surface area contributed by atoms with Gasteiger partial charge in [-0.15, -0.1) is 0 Å². The summed E-state index contributed by atoms with van der Waals surface area (Å²) in [7, 11) is 0. The second-order valence-corrected chi connectivity index (χ2v) is 3.52. The predicted molar refractivity (Wildman–Crippen MR) is 46.1 cm³/mol. The van der Waals surface area contributed by atoms with E-state index in [-0.39, 0.29) is 16.6 Å². The first-order valence-corrected chi connectivity index (χ1v) is 4.38. The minimum atomic E-state index is -0.0800. The Balaban J connectivity index is 2.25. The molecule has 1 aliphatic rings. The molecule has 1 amide bonds. The quantitative estimate of drug-likeness (QED) is 0.447. The number of aliphatic hydroxyl groups excluding tert-OH is 1. The first kappa shape index (κ1) is 8.26. The third-order valence-corrected chi connectivity index (χ3v) is 2.00. The Hall–Kier alpha value is 0.160. The van der Waals surface area contributed by atoms with Gasteiger partial charge in [0.2, 0.25) is 0 Å². The normalized spacial score (nSPS) is 20.2. The summed E-state index contributed by atoms with van der Waals surface area (Å²) in [5.74, 6) is 0.531. The molecule has 1 atom stereocenters. The second-order valence-electron chi connectivity index (χ2n) is 2.54. The van der Waals surface area contributed by atoms with Crippen LogP contribution >= 0.6 is 22.6 Å². The van der Waals surface area contributed by atoms with Gasteiger partial charge in [0.25, 0.3) is 3.91 Å². The molecule has 0 spiro atoms. The number of nitrogens with one attached hydrogen (secondary N) is 1. The summed E-state index contributed by atoms with van der Waals surface area (Å²) in [5, 5.41) is 11.5. The van der Waals surface area contributed by atoms with E-state index in [9.17, 15) is 4.79 Å². The van der Waals surface area contributed by atoms with Gasteiger partial charge in [-0.1, -0.05) is 0 Å². The van der Waals surface area contributed by atoms with E-state index < -0.39 is 0 Å². The van der Waals surface area contributed by atoms with E-state index in [0.717, 1.165) is 12.8 Å². The van der Waals surface area contributed by atoms with Crippen LogP contribution in [0.25, 0.3) is 0 Å². The molecule has 0 radical (unpaired) electrons. The standard InChI is InChI=1S/C6H10INO2/c7-6(10)8-5(3-9)4-1-2-4/h4-5,9H,1-3H2,(H,8,10). The molecule has 2 N–H and O–H groups in total. The molecule has 1 unspecified atom stereocenters. The number of rotatable bonds is 3. The third kappa shape index (κ3) is 2.42. The molecule has 0 aromatic rings. The molecule has 1 saturated carbocycles. The molecule has 0 aliphatic heterocycles. The lowest BCUT2D eigenvalue weighted by molar-refractivity contribution is 0.223. The van der Waals surface area contributed by atoms with Crippen LogP contribution in [0.3, 0.4) is 0 Å². The molecule has 1 fully saturated rings. The zero-order chi connectivity index (χ0) is 7.56. The molecule has 0 bridgehead atoms. The van der Waals surface area contributed by atoms with Gasteiger partial charge in [0.05, 0.1) is 12.6 Å². The molecule has 0 saturated heterocycles. The fraction of sp³-hybridized carbons (Fsp3) is 0.833. The largest absolute Gasteiger partial charge is 0.394 e. The summed E-state index contributed by atoms with van der Waals surface area (Å²) in [6.45, 7) is 0.0689. The van der Waals surface area contributed by atoms with Crippen LogP contribution in [-0.4, -0.2) is 21.7 Å². The summed E-state index contributed by atoms with van der Waals surface area (Å²) in [5.41, 5.74) is 0. The number of hydrogen-bond acceptors (Lipinski definition) is 2. The highest BCUT2D eigenvalue weighted by atomic mass is 127. The lowest BCUT2D eigenvalue weighted by Gasteiger charge is -2.11. The van der Waals surface area contributed by atoms with Crippen molar-refractivity contribution in [1.82, 2.24) is 5.32 Å². The fourth-order valence-electron chi connectivity index (χ4n) is 0.957. The minimum Gasteiger partial charge on any atom is -0.394 e. The Morgan fingerprint density at radius 2 is 2.40 bits per heavy atom. The van der Waals surface area contributed by atoms with Crippen molar-refractivity contribution in [2.24, 2.45) is 5.92 Å². The third-order valence-electron chi connectivity index (χ3n) is 1.69. The Morgan fingerprint density at radius 3 is 2.70 bits per heavy atom. The molecule has 0 aromatic carbocycles. The summed E-state index contributed by atoms with van der Waals surface area (Å²) >= 11 is 1.68. The lowest BCUT2D eigenvalue weighted by atomic mass is 10.2. The molecule has 0 aromatic heterocycles. The fourth-order valence-corrected chi connectivity index (χ4v) is 1.36. The van der Waals surface area contributed by atoms with Gasteiger partial charge in [-0.05, 0) is 18.8 Å². The Bertz CT molecular complexity index is 136. The molecular weight excluding hydrogens is 245 g/mol. The van der Waals surface area contributed by atoms with Gasteiger partial charge in [0.15, 0.2) is 0 Å². The average molecular weight is 255 g/mol. The van der Waals surface area contributed by atoms with Crippen molar-refractivity contribution in [3.63, 3.8) is 0 Å². The smallest absolute Gasteiger partial charge is 0.280 e. The maximum atomic E-state index is 10.5. The molecule has 0 heterocycles. The summed E-state index contributed by atoms with van der Waals surface area (Å²) in [6, 6.07) is 0.00407. The van der Waals surface area contributed by atoms with Crippen molar-refractivity contribution in [2.75, 3.05) is 6.61 Å². The first-order valence-electron chi connectivity index (χ1n) is 3.31. The number of carbonyl (C=O) groups excluding carboxylic acids is 1. The molecule has 4 heteroatoms. The van der Waals surface area contributed by atoms with E-state index in [2.05, 4.69) is 5.32 Å². The van der Waals surface area contributed by atoms with Crippen LogP contribution in [0.4, 0.5) is 4.79 Å². The van der Waals surface area contributed by atoms with Crippen LogP contribution in [0.1, 0.15) is 12.8 Å². The molecule has 58 valence electrons. The van der Waals surface area contributed by atoms with E-state index in [1.165, 1.54) is 0 Å². The SMILES string of the molecule is O=C(I)NC(CO)C1CC1. The van der Waals surface area contributed by atoms with Crippen LogP contribution in [0.15, 0.2) is 0 Å². The Labute approximate surface area is 73.3 Å². The zero-order valence-corrected chi connectivity index (χ0v) is 7.67. The van der Waals surface area contributed by atoms with Crippen LogP contribution in [-0.2, 0) is 0 Å². The van der Waals surface area contributed by atoms with Crippen LogP contribution < -0.4 is 5.32 Å². The van der Waals surface area contributed by atoms with Crippen molar-refractivity contribution in [2.45, 2.75) is 18.9 Å². The lowest BCUT2D eigenvalue weighted by Crippen LogP contribution is -2.35. The van der Waals surface area contributed by atoms with Crippen molar-refractivity contribution in [3.05, 3.63) is 0 Å². The number of carbonyl (C=O) groups is 1. The minimum absolute atomic E-state index is 0.00407. The molecular formula is C6H10INO2. The number of aliphatic hydroxyl groups is 1. The molecule has 1 aliphatic carbocycles. The van der Waals surface area contributed by atoms with Crippen LogP contribution in [0.5, 0.6) is 0 Å². The summed E-state index contributed by atoms with van der Waals surface area (Å²) in [4.78, 5) is 10.5. The number of hydrogen-bond donors (Lipinski definition) is 2. The van der Waals surface area contributed by atoms with E-state index in [1.54, 1.807) is 22.6 Å². The van der Waals surface area contributed by atoms with Crippen molar-refractivity contribution < 1.29 is 9.90 Å². The summed E-state index contributed by atoms with van der Waals surface area (Å²) < 4.78 is -0.0800. The van der Waals surface area contributed by atoms with Gasteiger partial charge in [-0.2, -0.15) is 0 Å². The van der Waals surface area contributed by atoms with Crippen molar-refractivity contribution >= 4 is 26.5 Å². The van der Waals surface area contributed by atoms with E-state index >= 15 is 0 Å². The van der Waals surface area contributed by atoms with Crippen molar-refractivity contribution in [1.29, 1.82) is 0 Å². The Morgan fingerprint density at radius 1 is 1.80 bits per heavy atom. The maximum absolute atomic E-state index is 10.5. The number of halogens is 1. The highest BCUT2D eigenvalue weighted by molar-refractivity contribution is 14.1. The van der Waals surface area contributed by atoms with E-state index in [1.807, 2.05) is 0 Å². The maximum Gasteiger partial charge on any atom is 0.280 e. The van der Waals surface area contributed by atoms with Crippen LogP contribution in [0.2, 0.25) is 0 Å². The molecule has 1 rings (SSSR count). The van der Waals surface area contributed by atoms with Gasteiger partial charge in [0.1, 0.15) is 0 Å². The Kier molecular flexibility index (Phi) is 2.91. The van der Waals surface area contributed by atoms with Gasteiger partial charge >= 0.3 is 0 Å². The van der Waals surface area contributed by atoms with E-state index in [0.29, 0.717) is 5.92 Å².